The maximum atomic E-state index is 10.6. The number of aliphatic hydroxyl groups excluding tert-OH is 1. The molecule has 2 nitrogen and oxygen atoms in total. The molecule has 0 aromatic heterocycles. The van der Waals surface area contributed by atoms with E-state index in [4.69, 9.17) is 4.74 Å². The van der Waals surface area contributed by atoms with Gasteiger partial charge in [0.05, 0.1) is 0 Å². The lowest BCUT2D eigenvalue weighted by Crippen LogP contribution is -2.23. The molecule has 0 fully saturated rings. The summed E-state index contributed by atoms with van der Waals surface area (Å²) in [4.78, 5) is 0. The monoisotopic (exact) mass is 254 g/mol. The largest absolute Gasteiger partial charge is 0.487 e. The SMILES string of the molecule is Cc1cccc(C(O)C2Cc3ccccc3O2)c1C. The summed E-state index contributed by atoms with van der Waals surface area (Å²) >= 11 is 0. The van der Waals surface area contributed by atoms with Gasteiger partial charge in [0.2, 0.25) is 0 Å². The molecule has 2 unspecified atom stereocenters. The maximum Gasteiger partial charge on any atom is 0.133 e. The Balaban J connectivity index is 1.87. The Bertz CT molecular complexity index is 579. The van der Waals surface area contributed by atoms with Gasteiger partial charge >= 0.3 is 0 Å². The first-order chi connectivity index (χ1) is 9.16. The number of fused-ring (bicyclic) bond motifs is 1. The smallest absolute Gasteiger partial charge is 0.133 e. The molecule has 1 aliphatic heterocycles. The molecule has 0 radical (unpaired) electrons. The van der Waals surface area contributed by atoms with Crippen LogP contribution in [0.3, 0.4) is 0 Å². The molecule has 2 aromatic rings. The first-order valence-electron chi connectivity index (χ1n) is 6.65. The molecule has 0 bridgehead atoms. The van der Waals surface area contributed by atoms with Crippen LogP contribution in [0.15, 0.2) is 42.5 Å². The normalized spacial score (nSPS) is 18.8. The molecule has 0 saturated carbocycles. The van der Waals surface area contributed by atoms with Crippen molar-refractivity contribution in [2.24, 2.45) is 0 Å². The van der Waals surface area contributed by atoms with Crippen molar-refractivity contribution in [2.45, 2.75) is 32.5 Å². The number of para-hydroxylation sites is 1. The van der Waals surface area contributed by atoms with Crippen LogP contribution in [0.5, 0.6) is 5.75 Å². The summed E-state index contributed by atoms with van der Waals surface area (Å²) in [7, 11) is 0. The van der Waals surface area contributed by atoms with E-state index in [0.717, 1.165) is 23.3 Å². The molecule has 0 aliphatic carbocycles. The molecular weight excluding hydrogens is 236 g/mol. The van der Waals surface area contributed by atoms with Crippen molar-refractivity contribution in [2.75, 3.05) is 0 Å². The van der Waals surface area contributed by atoms with Gasteiger partial charge in [-0.1, -0.05) is 36.4 Å². The average molecular weight is 254 g/mol. The van der Waals surface area contributed by atoms with Crippen LogP contribution in [0.4, 0.5) is 0 Å². The third-order valence-corrected chi connectivity index (χ3v) is 3.99. The van der Waals surface area contributed by atoms with Crippen molar-refractivity contribution < 1.29 is 9.84 Å². The molecule has 1 aliphatic rings. The maximum absolute atomic E-state index is 10.6. The van der Waals surface area contributed by atoms with Gasteiger partial charge in [0.25, 0.3) is 0 Å². The quantitative estimate of drug-likeness (QED) is 0.890. The molecule has 3 rings (SSSR count). The summed E-state index contributed by atoms with van der Waals surface area (Å²) in [6, 6.07) is 14.0. The zero-order valence-electron chi connectivity index (χ0n) is 11.3. The van der Waals surface area contributed by atoms with Gasteiger partial charge in [0.1, 0.15) is 18.0 Å². The third kappa shape index (κ3) is 2.13. The standard InChI is InChI=1S/C17H18O2/c1-11-6-5-8-14(12(11)2)17(18)16-10-13-7-3-4-9-15(13)19-16/h3-9,16-18H,10H2,1-2H3. The Morgan fingerprint density at radius 1 is 1.11 bits per heavy atom. The highest BCUT2D eigenvalue weighted by Gasteiger charge is 2.30. The number of hydrogen-bond acceptors (Lipinski definition) is 2. The van der Waals surface area contributed by atoms with Crippen LogP contribution < -0.4 is 4.74 Å². The van der Waals surface area contributed by atoms with Gasteiger partial charge in [-0.15, -0.1) is 0 Å². The van der Waals surface area contributed by atoms with Crippen LogP contribution in [0.1, 0.15) is 28.4 Å². The van der Waals surface area contributed by atoms with E-state index in [9.17, 15) is 5.11 Å². The first kappa shape index (κ1) is 12.2. The third-order valence-electron chi connectivity index (χ3n) is 3.99. The van der Waals surface area contributed by atoms with Gasteiger partial charge in [0, 0.05) is 6.42 Å². The van der Waals surface area contributed by atoms with Crippen molar-refractivity contribution in [1.29, 1.82) is 0 Å². The van der Waals surface area contributed by atoms with Crippen molar-refractivity contribution in [3.05, 3.63) is 64.7 Å². The molecule has 2 atom stereocenters. The van der Waals surface area contributed by atoms with E-state index >= 15 is 0 Å². The highest BCUT2D eigenvalue weighted by molar-refractivity contribution is 5.40. The number of hydrogen-bond donors (Lipinski definition) is 1. The van der Waals surface area contributed by atoms with Crippen molar-refractivity contribution in [3.63, 3.8) is 0 Å². The Morgan fingerprint density at radius 3 is 2.68 bits per heavy atom. The number of ether oxygens (including phenoxy) is 1. The Kier molecular flexibility index (Phi) is 3.03. The van der Waals surface area contributed by atoms with Crippen LogP contribution in [0, 0.1) is 13.8 Å². The van der Waals surface area contributed by atoms with Gasteiger partial charge in [-0.25, -0.2) is 0 Å². The van der Waals surface area contributed by atoms with E-state index in [1.807, 2.05) is 30.3 Å². The topological polar surface area (TPSA) is 29.5 Å². The molecule has 98 valence electrons. The fraction of sp³-hybridized carbons (Fsp3) is 0.294. The van der Waals surface area contributed by atoms with E-state index in [1.165, 1.54) is 11.1 Å². The summed E-state index contributed by atoms with van der Waals surface area (Å²) in [6.45, 7) is 4.12. The van der Waals surface area contributed by atoms with Crippen LogP contribution in [0.25, 0.3) is 0 Å². The van der Waals surface area contributed by atoms with Crippen LogP contribution in [0.2, 0.25) is 0 Å². The minimum absolute atomic E-state index is 0.183. The summed E-state index contributed by atoms with van der Waals surface area (Å²) in [5, 5.41) is 10.6. The number of benzene rings is 2. The van der Waals surface area contributed by atoms with Crippen molar-refractivity contribution in [3.8, 4) is 5.75 Å². The zero-order valence-corrected chi connectivity index (χ0v) is 11.3. The molecule has 0 saturated heterocycles. The summed E-state index contributed by atoms with van der Waals surface area (Å²) in [5.41, 5.74) is 4.50. The zero-order chi connectivity index (χ0) is 13.4. The van der Waals surface area contributed by atoms with Crippen molar-refractivity contribution in [1.82, 2.24) is 0 Å². The number of aryl methyl sites for hydroxylation is 1. The summed E-state index contributed by atoms with van der Waals surface area (Å²) in [6.07, 6.45) is 0.00950. The average Bonchev–Trinajstić information content (AvgIpc) is 2.85. The lowest BCUT2D eigenvalue weighted by atomic mass is 9.94. The van der Waals surface area contributed by atoms with Gasteiger partial charge in [0.15, 0.2) is 0 Å². The second-order valence-corrected chi connectivity index (χ2v) is 5.20. The Morgan fingerprint density at radius 2 is 1.89 bits per heavy atom. The molecule has 1 N–H and O–H groups in total. The summed E-state index contributed by atoms with van der Waals surface area (Å²) < 4.78 is 5.87. The second kappa shape index (κ2) is 4.71. The van der Waals surface area contributed by atoms with Crippen molar-refractivity contribution >= 4 is 0 Å². The highest BCUT2D eigenvalue weighted by atomic mass is 16.5. The molecule has 0 spiro atoms. The molecule has 1 heterocycles. The van der Waals surface area contributed by atoms with E-state index in [2.05, 4.69) is 26.0 Å². The predicted octanol–water partition coefficient (Wildman–Crippen LogP) is 3.34. The van der Waals surface area contributed by atoms with Gasteiger partial charge in [-0.2, -0.15) is 0 Å². The van der Waals surface area contributed by atoms with Gasteiger partial charge < -0.3 is 9.84 Å². The minimum Gasteiger partial charge on any atom is -0.487 e. The lowest BCUT2D eigenvalue weighted by Gasteiger charge is -2.21. The van der Waals surface area contributed by atoms with Gasteiger partial charge in [-0.3, -0.25) is 0 Å². The first-order valence-corrected chi connectivity index (χ1v) is 6.65. The molecule has 19 heavy (non-hydrogen) atoms. The fourth-order valence-corrected chi connectivity index (χ4v) is 2.68. The highest BCUT2D eigenvalue weighted by Crippen LogP contribution is 2.35. The van der Waals surface area contributed by atoms with E-state index in [-0.39, 0.29) is 6.10 Å². The van der Waals surface area contributed by atoms with E-state index in [0.29, 0.717) is 0 Å². The molecule has 2 aromatic carbocycles. The predicted molar refractivity (Wildman–Crippen MR) is 75.4 cm³/mol. The fourth-order valence-electron chi connectivity index (χ4n) is 2.68. The Labute approximate surface area is 113 Å². The van der Waals surface area contributed by atoms with Crippen LogP contribution >= 0.6 is 0 Å². The Hall–Kier alpha value is -1.80. The van der Waals surface area contributed by atoms with Gasteiger partial charge in [-0.05, 0) is 42.2 Å². The molecule has 0 amide bonds. The minimum atomic E-state index is -0.577. The number of rotatable bonds is 2. The van der Waals surface area contributed by atoms with E-state index < -0.39 is 6.10 Å². The summed E-state index contributed by atoms with van der Waals surface area (Å²) in [5.74, 6) is 0.900. The number of aliphatic hydroxyl groups is 1. The second-order valence-electron chi connectivity index (χ2n) is 5.20. The molecular formula is C17H18O2. The lowest BCUT2D eigenvalue weighted by molar-refractivity contribution is 0.0487. The van der Waals surface area contributed by atoms with Crippen LogP contribution in [-0.2, 0) is 6.42 Å². The van der Waals surface area contributed by atoms with Crippen LogP contribution in [-0.4, -0.2) is 11.2 Å². The molecule has 2 heteroatoms. The van der Waals surface area contributed by atoms with E-state index in [1.54, 1.807) is 0 Å².